The lowest BCUT2D eigenvalue weighted by Gasteiger charge is -1.96. The van der Waals surface area contributed by atoms with E-state index in [0.717, 1.165) is 15.5 Å². The van der Waals surface area contributed by atoms with Crippen LogP contribution in [0.3, 0.4) is 0 Å². The molecule has 0 atom stereocenters. The molecule has 68 valence electrons. The highest BCUT2D eigenvalue weighted by Crippen LogP contribution is 2.16. The summed E-state index contributed by atoms with van der Waals surface area (Å²) in [5.74, 6) is 0. The van der Waals surface area contributed by atoms with Crippen LogP contribution < -0.4 is 5.69 Å². The predicted octanol–water partition coefficient (Wildman–Crippen LogP) is 2.11. The minimum atomic E-state index is -0.0457. The topological polar surface area (TPSA) is 37.8 Å². The van der Waals surface area contributed by atoms with Gasteiger partial charge in [0, 0.05) is 11.0 Å². The summed E-state index contributed by atoms with van der Waals surface area (Å²) in [5, 5.41) is 0. The molecule has 0 amide bonds. The number of rotatable bonds is 1. The SMILES string of the molecule is CCn1c(=O)[nH]c2cc(Br)ccc21. The van der Waals surface area contributed by atoms with Gasteiger partial charge in [-0.1, -0.05) is 15.9 Å². The number of benzene rings is 1. The maximum Gasteiger partial charge on any atom is 0.326 e. The molecule has 0 aliphatic heterocycles. The van der Waals surface area contributed by atoms with E-state index >= 15 is 0 Å². The summed E-state index contributed by atoms with van der Waals surface area (Å²) in [6.45, 7) is 2.65. The van der Waals surface area contributed by atoms with Crippen molar-refractivity contribution in [3.63, 3.8) is 0 Å². The first-order valence-electron chi connectivity index (χ1n) is 4.10. The third-order valence-corrected chi connectivity index (χ3v) is 2.55. The molecule has 0 bridgehead atoms. The minimum Gasteiger partial charge on any atom is -0.305 e. The number of nitrogens with zero attached hydrogens (tertiary/aromatic N) is 1. The average Bonchev–Trinajstić information content (AvgIpc) is 2.39. The highest BCUT2D eigenvalue weighted by Gasteiger charge is 2.03. The molecule has 2 aromatic rings. The van der Waals surface area contributed by atoms with E-state index in [1.165, 1.54) is 0 Å². The number of aromatic amines is 1. The van der Waals surface area contributed by atoms with Gasteiger partial charge >= 0.3 is 5.69 Å². The maximum absolute atomic E-state index is 11.4. The lowest BCUT2D eigenvalue weighted by atomic mass is 10.3. The molecular weight excluding hydrogens is 232 g/mol. The zero-order valence-electron chi connectivity index (χ0n) is 7.17. The van der Waals surface area contributed by atoms with Crippen molar-refractivity contribution in [2.45, 2.75) is 13.5 Å². The number of hydrogen-bond acceptors (Lipinski definition) is 1. The molecule has 2 rings (SSSR count). The molecule has 0 saturated carbocycles. The van der Waals surface area contributed by atoms with Gasteiger partial charge in [-0.25, -0.2) is 4.79 Å². The van der Waals surface area contributed by atoms with Gasteiger partial charge < -0.3 is 4.98 Å². The van der Waals surface area contributed by atoms with Crippen LogP contribution in [0.2, 0.25) is 0 Å². The number of halogens is 1. The molecule has 0 radical (unpaired) electrons. The Morgan fingerprint density at radius 2 is 2.31 bits per heavy atom. The van der Waals surface area contributed by atoms with E-state index in [4.69, 9.17) is 0 Å². The molecule has 0 spiro atoms. The Bertz CT molecular complexity index is 498. The molecule has 13 heavy (non-hydrogen) atoms. The zero-order chi connectivity index (χ0) is 9.42. The summed E-state index contributed by atoms with van der Waals surface area (Å²) in [6.07, 6.45) is 0. The summed E-state index contributed by atoms with van der Waals surface area (Å²) >= 11 is 3.36. The van der Waals surface area contributed by atoms with Crippen molar-refractivity contribution < 1.29 is 0 Å². The standard InChI is InChI=1S/C9H9BrN2O/c1-2-12-8-4-3-6(10)5-7(8)11-9(12)13/h3-5H,2H2,1H3,(H,11,13). The number of fused-ring (bicyclic) bond motifs is 1. The van der Waals surface area contributed by atoms with Crippen molar-refractivity contribution in [1.82, 2.24) is 9.55 Å². The number of nitrogens with one attached hydrogen (secondary N) is 1. The van der Waals surface area contributed by atoms with E-state index in [9.17, 15) is 4.79 Å². The lowest BCUT2D eigenvalue weighted by molar-refractivity contribution is 0.753. The molecule has 1 N–H and O–H groups in total. The summed E-state index contributed by atoms with van der Waals surface area (Å²) in [6, 6.07) is 5.77. The van der Waals surface area contributed by atoms with Crippen molar-refractivity contribution in [2.75, 3.05) is 0 Å². The molecule has 1 aromatic carbocycles. The molecule has 0 unspecified atom stereocenters. The highest BCUT2D eigenvalue weighted by atomic mass is 79.9. The maximum atomic E-state index is 11.4. The molecule has 0 aliphatic carbocycles. The molecule has 3 nitrogen and oxygen atoms in total. The second-order valence-corrected chi connectivity index (χ2v) is 3.75. The van der Waals surface area contributed by atoms with Crippen LogP contribution in [-0.4, -0.2) is 9.55 Å². The van der Waals surface area contributed by atoms with Crippen molar-refractivity contribution in [3.05, 3.63) is 33.2 Å². The number of H-pyrrole nitrogens is 1. The molecule has 1 heterocycles. The Balaban J connectivity index is 2.87. The van der Waals surface area contributed by atoms with Gasteiger partial charge in [-0.3, -0.25) is 4.57 Å². The number of aromatic nitrogens is 2. The van der Waals surface area contributed by atoms with Crippen LogP contribution in [0.15, 0.2) is 27.5 Å². The van der Waals surface area contributed by atoms with Crippen molar-refractivity contribution in [1.29, 1.82) is 0 Å². The summed E-state index contributed by atoms with van der Waals surface area (Å²) < 4.78 is 2.69. The van der Waals surface area contributed by atoms with Gasteiger partial charge in [-0.2, -0.15) is 0 Å². The Morgan fingerprint density at radius 3 is 3.00 bits per heavy atom. The van der Waals surface area contributed by atoms with Gasteiger partial charge in [0.25, 0.3) is 0 Å². The summed E-state index contributed by atoms with van der Waals surface area (Å²) in [7, 11) is 0. The van der Waals surface area contributed by atoms with Gasteiger partial charge in [0.1, 0.15) is 0 Å². The van der Waals surface area contributed by atoms with Gasteiger partial charge in [-0.15, -0.1) is 0 Å². The Hall–Kier alpha value is -1.03. The van der Waals surface area contributed by atoms with Crippen LogP contribution >= 0.6 is 15.9 Å². The fraction of sp³-hybridized carbons (Fsp3) is 0.222. The second-order valence-electron chi connectivity index (χ2n) is 2.84. The summed E-state index contributed by atoms with van der Waals surface area (Å²) in [4.78, 5) is 14.2. The fourth-order valence-electron chi connectivity index (χ4n) is 1.45. The third-order valence-electron chi connectivity index (χ3n) is 2.05. The van der Waals surface area contributed by atoms with Crippen LogP contribution in [0.4, 0.5) is 0 Å². The smallest absolute Gasteiger partial charge is 0.305 e. The van der Waals surface area contributed by atoms with Crippen molar-refractivity contribution >= 4 is 27.0 Å². The molecule has 0 fully saturated rings. The lowest BCUT2D eigenvalue weighted by Crippen LogP contribution is -2.14. The van der Waals surface area contributed by atoms with E-state index in [0.29, 0.717) is 6.54 Å². The highest BCUT2D eigenvalue weighted by molar-refractivity contribution is 9.10. The van der Waals surface area contributed by atoms with Crippen LogP contribution in [0.25, 0.3) is 11.0 Å². The van der Waals surface area contributed by atoms with Crippen molar-refractivity contribution in [3.8, 4) is 0 Å². The van der Waals surface area contributed by atoms with Crippen LogP contribution in [0.1, 0.15) is 6.92 Å². The fourth-order valence-corrected chi connectivity index (χ4v) is 1.81. The van der Waals surface area contributed by atoms with E-state index in [1.807, 2.05) is 25.1 Å². The molecular formula is C9H9BrN2O. The first kappa shape index (κ1) is 8.56. The van der Waals surface area contributed by atoms with Gasteiger partial charge in [0.2, 0.25) is 0 Å². The Labute approximate surface area is 83.5 Å². The summed E-state index contributed by atoms with van der Waals surface area (Å²) in [5.41, 5.74) is 1.78. The second kappa shape index (κ2) is 3.03. The Kier molecular flexibility index (Phi) is 2.00. The van der Waals surface area contributed by atoms with E-state index < -0.39 is 0 Å². The van der Waals surface area contributed by atoms with E-state index in [2.05, 4.69) is 20.9 Å². The molecule has 0 saturated heterocycles. The van der Waals surface area contributed by atoms with E-state index in [-0.39, 0.29) is 5.69 Å². The molecule has 0 aliphatic rings. The quantitative estimate of drug-likeness (QED) is 0.815. The number of imidazole rings is 1. The minimum absolute atomic E-state index is 0.0457. The van der Waals surface area contributed by atoms with Gasteiger partial charge in [0.05, 0.1) is 11.0 Å². The zero-order valence-corrected chi connectivity index (χ0v) is 8.76. The number of hydrogen-bond donors (Lipinski definition) is 1. The largest absolute Gasteiger partial charge is 0.326 e. The molecule has 4 heteroatoms. The van der Waals surface area contributed by atoms with Crippen LogP contribution in [-0.2, 0) is 6.54 Å². The normalized spacial score (nSPS) is 10.9. The average molecular weight is 241 g/mol. The van der Waals surface area contributed by atoms with Crippen LogP contribution in [0, 0.1) is 0 Å². The van der Waals surface area contributed by atoms with Gasteiger partial charge in [0.15, 0.2) is 0 Å². The van der Waals surface area contributed by atoms with Gasteiger partial charge in [-0.05, 0) is 25.1 Å². The Morgan fingerprint density at radius 1 is 1.54 bits per heavy atom. The van der Waals surface area contributed by atoms with Crippen LogP contribution in [0.5, 0.6) is 0 Å². The number of aryl methyl sites for hydroxylation is 1. The first-order chi connectivity index (χ1) is 6.22. The predicted molar refractivity (Wildman–Crippen MR) is 55.9 cm³/mol. The first-order valence-corrected chi connectivity index (χ1v) is 4.89. The van der Waals surface area contributed by atoms with Crippen molar-refractivity contribution in [2.24, 2.45) is 0 Å². The third kappa shape index (κ3) is 1.31. The monoisotopic (exact) mass is 240 g/mol. The van der Waals surface area contributed by atoms with E-state index in [1.54, 1.807) is 4.57 Å². The molecule has 1 aromatic heterocycles.